The summed E-state index contributed by atoms with van der Waals surface area (Å²) in [5.74, 6) is 0.228. The fraction of sp³-hybridized carbons (Fsp3) is 0.231. The Morgan fingerprint density at radius 3 is 2.03 bits per heavy atom. The molecule has 0 heterocycles. The summed E-state index contributed by atoms with van der Waals surface area (Å²) in [5, 5.41) is 5.68. The van der Waals surface area contributed by atoms with E-state index in [0.29, 0.717) is 22.9 Å². The maximum atomic E-state index is 12.7. The number of amides is 1. The van der Waals surface area contributed by atoms with Crippen LogP contribution in [0.15, 0.2) is 71.6 Å². The number of aryl methyl sites for hydroxylation is 2. The van der Waals surface area contributed by atoms with Crippen LogP contribution < -0.4 is 15.4 Å². The first kappa shape index (κ1) is 25.4. The largest absolute Gasteiger partial charge is 0.332 e. The summed E-state index contributed by atoms with van der Waals surface area (Å²) in [5.41, 5.74) is 4.70. The molecular formula is C26H29N3O3S2. The van der Waals surface area contributed by atoms with Gasteiger partial charge in [0.05, 0.1) is 4.90 Å². The predicted octanol–water partition coefficient (Wildman–Crippen LogP) is 5.43. The van der Waals surface area contributed by atoms with E-state index in [1.807, 2.05) is 32.0 Å². The van der Waals surface area contributed by atoms with Crippen LogP contribution in [0.1, 0.15) is 40.9 Å². The molecule has 0 fully saturated rings. The molecule has 6 nitrogen and oxygen atoms in total. The fourth-order valence-corrected chi connectivity index (χ4v) is 4.82. The van der Waals surface area contributed by atoms with Gasteiger partial charge in [0.2, 0.25) is 0 Å². The van der Waals surface area contributed by atoms with E-state index in [-0.39, 0.29) is 15.9 Å². The van der Waals surface area contributed by atoms with Crippen molar-refractivity contribution in [2.75, 3.05) is 10.0 Å². The smallest absolute Gasteiger partial charge is 0.261 e. The third kappa shape index (κ3) is 7.13. The van der Waals surface area contributed by atoms with Crippen molar-refractivity contribution in [3.63, 3.8) is 0 Å². The van der Waals surface area contributed by atoms with E-state index in [4.69, 9.17) is 12.2 Å². The molecule has 3 N–H and O–H groups in total. The molecule has 3 aromatic rings. The van der Waals surface area contributed by atoms with Gasteiger partial charge >= 0.3 is 0 Å². The molecular weight excluding hydrogens is 466 g/mol. The Morgan fingerprint density at radius 1 is 0.882 bits per heavy atom. The average Bonchev–Trinajstić information content (AvgIpc) is 2.73. The topological polar surface area (TPSA) is 87.3 Å². The van der Waals surface area contributed by atoms with E-state index in [0.717, 1.165) is 17.5 Å². The lowest BCUT2D eigenvalue weighted by atomic mass is 10.0. The highest BCUT2D eigenvalue weighted by atomic mass is 32.2. The van der Waals surface area contributed by atoms with E-state index < -0.39 is 10.0 Å². The summed E-state index contributed by atoms with van der Waals surface area (Å²) >= 11 is 5.24. The molecule has 0 aliphatic rings. The SMILES string of the molecule is Cc1cc(C)cc(NS(=O)(=O)c2ccc(NC(=S)NC(=O)c3ccc(CC(C)C)cc3)cc2)c1. The van der Waals surface area contributed by atoms with Crippen molar-refractivity contribution >= 4 is 44.6 Å². The predicted molar refractivity (Wildman–Crippen MR) is 142 cm³/mol. The van der Waals surface area contributed by atoms with Crippen molar-refractivity contribution in [3.05, 3.63) is 89.0 Å². The molecule has 0 aromatic heterocycles. The van der Waals surface area contributed by atoms with Crippen LogP contribution in [-0.4, -0.2) is 19.4 Å². The van der Waals surface area contributed by atoms with Crippen LogP contribution in [0.3, 0.4) is 0 Å². The molecule has 1 amide bonds. The Labute approximate surface area is 206 Å². The first-order valence-electron chi connectivity index (χ1n) is 10.9. The monoisotopic (exact) mass is 495 g/mol. The highest BCUT2D eigenvalue weighted by Gasteiger charge is 2.15. The molecule has 0 aliphatic carbocycles. The van der Waals surface area contributed by atoms with Gasteiger partial charge in [-0.05, 0) is 104 Å². The minimum absolute atomic E-state index is 0.119. The van der Waals surface area contributed by atoms with Crippen LogP contribution >= 0.6 is 12.2 Å². The van der Waals surface area contributed by atoms with Crippen molar-refractivity contribution in [2.45, 2.75) is 39.0 Å². The van der Waals surface area contributed by atoms with Gasteiger partial charge in [0.1, 0.15) is 0 Å². The number of hydrogen-bond acceptors (Lipinski definition) is 4. The summed E-state index contributed by atoms with van der Waals surface area (Å²) < 4.78 is 28.1. The van der Waals surface area contributed by atoms with Crippen molar-refractivity contribution in [1.82, 2.24) is 5.32 Å². The van der Waals surface area contributed by atoms with Crippen molar-refractivity contribution in [3.8, 4) is 0 Å². The molecule has 0 bridgehead atoms. The van der Waals surface area contributed by atoms with E-state index in [9.17, 15) is 13.2 Å². The van der Waals surface area contributed by atoms with Crippen LogP contribution in [0.5, 0.6) is 0 Å². The molecule has 178 valence electrons. The standard InChI is InChI=1S/C26H29N3O3S2/c1-17(2)13-20-5-7-21(8-6-20)25(30)28-26(33)27-22-9-11-24(12-10-22)34(31,32)29-23-15-18(3)14-19(4)16-23/h5-12,14-17,29H,13H2,1-4H3,(H2,27,28,30,33). The number of thiocarbonyl (C=S) groups is 1. The summed E-state index contributed by atoms with van der Waals surface area (Å²) in [7, 11) is -3.74. The number of carbonyl (C=O) groups excluding carboxylic acids is 1. The molecule has 0 unspecified atom stereocenters. The third-order valence-corrected chi connectivity index (χ3v) is 6.58. The molecule has 3 aromatic carbocycles. The minimum atomic E-state index is -3.74. The molecule has 0 saturated heterocycles. The number of anilines is 2. The zero-order valence-electron chi connectivity index (χ0n) is 19.7. The van der Waals surface area contributed by atoms with Gasteiger partial charge in [0.25, 0.3) is 15.9 Å². The van der Waals surface area contributed by atoms with E-state index in [1.165, 1.54) is 17.7 Å². The number of hydrogen-bond donors (Lipinski definition) is 3. The molecule has 0 saturated carbocycles. The number of benzene rings is 3. The average molecular weight is 496 g/mol. The lowest BCUT2D eigenvalue weighted by Crippen LogP contribution is -2.34. The van der Waals surface area contributed by atoms with Gasteiger partial charge < -0.3 is 5.32 Å². The first-order chi connectivity index (χ1) is 16.0. The van der Waals surface area contributed by atoms with Crippen LogP contribution in [-0.2, 0) is 16.4 Å². The number of nitrogens with one attached hydrogen (secondary N) is 3. The van der Waals surface area contributed by atoms with Crippen molar-refractivity contribution in [1.29, 1.82) is 0 Å². The van der Waals surface area contributed by atoms with Gasteiger partial charge in [-0.3, -0.25) is 14.8 Å². The molecule has 0 spiro atoms. The highest BCUT2D eigenvalue weighted by molar-refractivity contribution is 7.92. The number of sulfonamides is 1. The van der Waals surface area contributed by atoms with Crippen LogP contribution in [0.4, 0.5) is 11.4 Å². The Balaban J connectivity index is 1.60. The van der Waals surface area contributed by atoms with Crippen molar-refractivity contribution in [2.24, 2.45) is 5.92 Å². The minimum Gasteiger partial charge on any atom is -0.332 e. The van der Waals surface area contributed by atoms with Crippen LogP contribution in [0.2, 0.25) is 0 Å². The van der Waals surface area contributed by atoms with Crippen LogP contribution in [0, 0.1) is 19.8 Å². The Hall–Kier alpha value is -3.23. The van der Waals surface area contributed by atoms with Gasteiger partial charge in [-0.25, -0.2) is 8.42 Å². The molecule has 0 atom stereocenters. The second kappa shape index (κ2) is 10.8. The van der Waals surface area contributed by atoms with Crippen molar-refractivity contribution < 1.29 is 13.2 Å². The van der Waals surface area contributed by atoms with E-state index in [2.05, 4.69) is 29.2 Å². The molecule has 8 heteroatoms. The Kier molecular flexibility index (Phi) is 8.06. The zero-order chi connectivity index (χ0) is 24.9. The lowest BCUT2D eigenvalue weighted by molar-refractivity contribution is 0.0977. The maximum Gasteiger partial charge on any atom is 0.261 e. The quantitative estimate of drug-likeness (QED) is 0.381. The summed E-state index contributed by atoms with van der Waals surface area (Å²) in [4.78, 5) is 12.6. The Bertz CT molecular complexity index is 1260. The van der Waals surface area contributed by atoms with E-state index >= 15 is 0 Å². The normalized spacial score (nSPS) is 11.2. The maximum absolute atomic E-state index is 12.7. The molecule has 34 heavy (non-hydrogen) atoms. The lowest BCUT2D eigenvalue weighted by Gasteiger charge is -2.12. The number of carbonyl (C=O) groups is 1. The summed E-state index contributed by atoms with van der Waals surface area (Å²) in [6.45, 7) is 8.12. The first-order valence-corrected chi connectivity index (χ1v) is 12.8. The number of rotatable bonds is 7. The summed E-state index contributed by atoms with van der Waals surface area (Å²) in [6.07, 6.45) is 0.952. The molecule has 0 radical (unpaired) electrons. The summed E-state index contributed by atoms with van der Waals surface area (Å²) in [6, 6.07) is 19.1. The Morgan fingerprint density at radius 2 is 1.47 bits per heavy atom. The second-order valence-corrected chi connectivity index (χ2v) is 10.8. The van der Waals surface area contributed by atoms with Gasteiger partial charge in [0.15, 0.2) is 5.11 Å². The highest BCUT2D eigenvalue weighted by Crippen LogP contribution is 2.20. The zero-order valence-corrected chi connectivity index (χ0v) is 21.3. The fourth-order valence-electron chi connectivity index (χ4n) is 3.57. The van der Waals surface area contributed by atoms with Gasteiger partial charge in [0, 0.05) is 16.9 Å². The molecule has 3 rings (SSSR count). The van der Waals surface area contributed by atoms with Crippen LogP contribution in [0.25, 0.3) is 0 Å². The third-order valence-electron chi connectivity index (χ3n) is 4.98. The van der Waals surface area contributed by atoms with Gasteiger partial charge in [-0.2, -0.15) is 0 Å². The van der Waals surface area contributed by atoms with E-state index in [1.54, 1.807) is 36.4 Å². The van der Waals surface area contributed by atoms with Gasteiger partial charge in [-0.1, -0.05) is 32.0 Å². The van der Waals surface area contributed by atoms with Gasteiger partial charge in [-0.15, -0.1) is 0 Å². The second-order valence-electron chi connectivity index (χ2n) is 8.71. The molecule has 0 aliphatic heterocycles.